The number of phosphoric acid groups is 1. The van der Waals surface area contributed by atoms with Crippen LogP contribution in [0.2, 0.25) is 0 Å². The fraction of sp³-hybridized carbons (Fsp3) is 0.778. The van der Waals surface area contributed by atoms with E-state index in [9.17, 15) is 24.2 Å². The van der Waals surface area contributed by atoms with Gasteiger partial charge in [0.1, 0.15) is 12.7 Å². The summed E-state index contributed by atoms with van der Waals surface area (Å²) in [4.78, 5) is 35.0. The van der Waals surface area contributed by atoms with E-state index in [0.717, 1.165) is 70.6 Å². The van der Waals surface area contributed by atoms with E-state index in [4.69, 9.17) is 19.1 Å². The van der Waals surface area contributed by atoms with Gasteiger partial charge in [0, 0.05) is 12.8 Å². The predicted octanol–water partition coefficient (Wildman–Crippen LogP) is 11.7. The standard InChI is InChI=1S/C45H81O10P/c1-3-5-7-9-11-13-15-17-19-21-23-25-27-29-31-33-35-37-45(49)55-43(41-54-56(50,51)53-39-42(47)38-46)40-52-44(48)36-34-32-30-28-26-24-22-20-18-16-14-12-10-8-6-4-2/h11,13,17,19-20,22-23,25,42-43,46-47H,3-10,12,14-16,18,21,24,26-41H2,1-2H3,(H,50,51)/b13-11-,19-17-,22-20-,25-23-/t42-,43+/m0/s1. The molecule has 1 unspecified atom stereocenters. The number of hydrogen-bond donors (Lipinski definition) is 3. The summed E-state index contributed by atoms with van der Waals surface area (Å²) in [6, 6.07) is 0. The number of rotatable bonds is 41. The maximum Gasteiger partial charge on any atom is 0.472 e. The minimum absolute atomic E-state index is 0.156. The van der Waals surface area contributed by atoms with E-state index in [1.54, 1.807) is 0 Å². The molecule has 3 N–H and O–H groups in total. The van der Waals surface area contributed by atoms with Gasteiger partial charge in [0.2, 0.25) is 0 Å². The number of ether oxygens (including phenoxy) is 2. The Morgan fingerprint density at radius 1 is 0.536 bits per heavy atom. The molecule has 0 amide bonds. The minimum atomic E-state index is -4.63. The van der Waals surface area contributed by atoms with Crippen LogP contribution in [0, 0.1) is 0 Å². The lowest BCUT2D eigenvalue weighted by Gasteiger charge is -2.20. The van der Waals surface area contributed by atoms with Crippen LogP contribution in [0.3, 0.4) is 0 Å². The molecule has 326 valence electrons. The molecule has 0 saturated heterocycles. The summed E-state index contributed by atoms with van der Waals surface area (Å²) in [6.07, 6.45) is 43.6. The lowest BCUT2D eigenvalue weighted by molar-refractivity contribution is -0.161. The quantitative estimate of drug-likeness (QED) is 0.0236. The second-order valence-corrected chi connectivity index (χ2v) is 16.2. The zero-order valence-corrected chi connectivity index (χ0v) is 36.2. The third-order valence-electron chi connectivity index (χ3n) is 9.21. The summed E-state index contributed by atoms with van der Waals surface area (Å²) in [5.74, 6) is -0.960. The van der Waals surface area contributed by atoms with Crippen molar-refractivity contribution in [1.82, 2.24) is 0 Å². The first-order valence-electron chi connectivity index (χ1n) is 22.1. The van der Waals surface area contributed by atoms with Gasteiger partial charge in [-0.1, -0.05) is 146 Å². The highest BCUT2D eigenvalue weighted by molar-refractivity contribution is 7.47. The number of allylic oxidation sites excluding steroid dienone is 8. The Kier molecular flexibility index (Phi) is 39.6. The van der Waals surface area contributed by atoms with Crippen molar-refractivity contribution in [2.45, 2.75) is 199 Å². The number of hydrogen-bond acceptors (Lipinski definition) is 9. The zero-order valence-electron chi connectivity index (χ0n) is 35.3. The molecular weight excluding hydrogens is 731 g/mol. The molecular formula is C45H81O10P. The monoisotopic (exact) mass is 813 g/mol. The van der Waals surface area contributed by atoms with Gasteiger partial charge in [0.25, 0.3) is 0 Å². The van der Waals surface area contributed by atoms with Crippen molar-refractivity contribution in [3.63, 3.8) is 0 Å². The molecule has 0 aliphatic carbocycles. The zero-order chi connectivity index (χ0) is 41.2. The minimum Gasteiger partial charge on any atom is -0.462 e. The number of aliphatic hydroxyl groups excluding tert-OH is 2. The average molecular weight is 813 g/mol. The van der Waals surface area contributed by atoms with Gasteiger partial charge in [-0.3, -0.25) is 18.6 Å². The van der Waals surface area contributed by atoms with Crippen LogP contribution in [-0.4, -0.2) is 65.7 Å². The van der Waals surface area contributed by atoms with E-state index in [1.807, 2.05) is 0 Å². The average Bonchev–Trinajstić information content (AvgIpc) is 3.19. The number of unbranched alkanes of at least 4 members (excludes halogenated alkanes) is 19. The second kappa shape index (κ2) is 41.1. The molecule has 0 spiro atoms. The predicted molar refractivity (Wildman–Crippen MR) is 228 cm³/mol. The third-order valence-corrected chi connectivity index (χ3v) is 10.2. The van der Waals surface area contributed by atoms with Gasteiger partial charge in [0.05, 0.1) is 19.8 Å². The fourth-order valence-electron chi connectivity index (χ4n) is 5.76. The van der Waals surface area contributed by atoms with Crippen LogP contribution in [0.1, 0.15) is 187 Å². The van der Waals surface area contributed by atoms with Gasteiger partial charge in [-0.05, 0) is 77.0 Å². The Morgan fingerprint density at radius 2 is 0.929 bits per heavy atom. The molecule has 0 rings (SSSR count). The van der Waals surface area contributed by atoms with Crippen LogP contribution in [0.15, 0.2) is 48.6 Å². The lowest BCUT2D eigenvalue weighted by Crippen LogP contribution is -2.29. The van der Waals surface area contributed by atoms with Crippen LogP contribution >= 0.6 is 7.82 Å². The highest BCUT2D eigenvalue weighted by Crippen LogP contribution is 2.43. The Hall–Kier alpha value is -2.07. The van der Waals surface area contributed by atoms with Gasteiger partial charge >= 0.3 is 19.8 Å². The molecule has 10 nitrogen and oxygen atoms in total. The summed E-state index contributed by atoms with van der Waals surface area (Å²) in [7, 11) is -4.63. The first-order chi connectivity index (χ1) is 27.2. The van der Waals surface area contributed by atoms with Crippen molar-refractivity contribution in [3.8, 4) is 0 Å². The van der Waals surface area contributed by atoms with Crippen LogP contribution in [0.5, 0.6) is 0 Å². The molecule has 0 aliphatic heterocycles. The van der Waals surface area contributed by atoms with E-state index in [0.29, 0.717) is 12.8 Å². The Morgan fingerprint density at radius 3 is 1.45 bits per heavy atom. The van der Waals surface area contributed by atoms with Crippen LogP contribution in [-0.2, 0) is 32.7 Å². The number of carbonyl (C=O) groups excluding carboxylic acids is 2. The van der Waals surface area contributed by atoms with Crippen molar-refractivity contribution in [2.75, 3.05) is 26.4 Å². The molecule has 0 heterocycles. The topological polar surface area (TPSA) is 149 Å². The summed E-state index contributed by atoms with van der Waals surface area (Å²) >= 11 is 0. The van der Waals surface area contributed by atoms with E-state index in [1.165, 1.54) is 77.0 Å². The van der Waals surface area contributed by atoms with Gasteiger partial charge < -0.3 is 24.6 Å². The molecule has 0 aromatic rings. The molecule has 0 aromatic heterocycles. The first kappa shape index (κ1) is 53.9. The highest BCUT2D eigenvalue weighted by Gasteiger charge is 2.27. The van der Waals surface area contributed by atoms with Gasteiger partial charge in [0.15, 0.2) is 6.10 Å². The Balaban J connectivity index is 4.35. The summed E-state index contributed by atoms with van der Waals surface area (Å²) in [5, 5.41) is 18.3. The molecule has 0 aromatic carbocycles. The molecule has 11 heteroatoms. The van der Waals surface area contributed by atoms with Crippen molar-refractivity contribution < 1.29 is 47.8 Å². The normalized spacial score (nSPS) is 14.3. The summed E-state index contributed by atoms with van der Waals surface area (Å²) in [5.41, 5.74) is 0. The number of phosphoric ester groups is 1. The maximum absolute atomic E-state index is 12.6. The van der Waals surface area contributed by atoms with E-state index < -0.39 is 51.8 Å². The first-order valence-corrected chi connectivity index (χ1v) is 23.6. The molecule has 56 heavy (non-hydrogen) atoms. The molecule has 0 bridgehead atoms. The number of esters is 2. The molecule has 0 radical (unpaired) electrons. The third kappa shape index (κ3) is 40.1. The van der Waals surface area contributed by atoms with Gasteiger partial charge in [-0.2, -0.15) is 0 Å². The second-order valence-electron chi connectivity index (χ2n) is 14.7. The Bertz CT molecular complexity index is 1070. The largest absolute Gasteiger partial charge is 0.472 e. The fourth-order valence-corrected chi connectivity index (χ4v) is 6.55. The van der Waals surface area contributed by atoms with Crippen molar-refractivity contribution in [1.29, 1.82) is 0 Å². The van der Waals surface area contributed by atoms with E-state index in [2.05, 4.69) is 67.0 Å². The molecule has 0 saturated carbocycles. The maximum atomic E-state index is 12.6. The van der Waals surface area contributed by atoms with Crippen LogP contribution < -0.4 is 0 Å². The summed E-state index contributed by atoms with van der Waals surface area (Å²) < 4.78 is 32.7. The number of aliphatic hydroxyl groups is 2. The van der Waals surface area contributed by atoms with Crippen LogP contribution in [0.4, 0.5) is 0 Å². The van der Waals surface area contributed by atoms with Crippen molar-refractivity contribution in [3.05, 3.63) is 48.6 Å². The van der Waals surface area contributed by atoms with E-state index in [-0.39, 0.29) is 19.4 Å². The molecule has 0 fully saturated rings. The van der Waals surface area contributed by atoms with Gasteiger partial charge in [-0.15, -0.1) is 0 Å². The smallest absolute Gasteiger partial charge is 0.462 e. The summed E-state index contributed by atoms with van der Waals surface area (Å²) in [6.45, 7) is 2.31. The lowest BCUT2D eigenvalue weighted by atomic mass is 10.1. The van der Waals surface area contributed by atoms with Gasteiger partial charge in [-0.25, -0.2) is 4.57 Å². The molecule has 3 atom stereocenters. The van der Waals surface area contributed by atoms with E-state index >= 15 is 0 Å². The van der Waals surface area contributed by atoms with Crippen molar-refractivity contribution in [2.24, 2.45) is 0 Å². The number of carbonyl (C=O) groups is 2. The molecule has 0 aliphatic rings. The van der Waals surface area contributed by atoms with Crippen LogP contribution in [0.25, 0.3) is 0 Å². The van der Waals surface area contributed by atoms with Crippen molar-refractivity contribution >= 4 is 19.8 Å². The Labute approximate surface area is 341 Å². The highest BCUT2D eigenvalue weighted by atomic mass is 31.2. The SMILES string of the molecule is CCCCC/C=C\C/C=C\C/C=C\CCCCCCC(=O)O[C@H](COC(=O)CCCCCCC/C=C\CCCCCCCCC)COP(=O)(O)OC[C@@H](O)CO.